The number of ether oxygens (including phenoxy) is 1. The van der Waals surface area contributed by atoms with Gasteiger partial charge in [-0.2, -0.15) is 0 Å². The minimum absolute atomic E-state index is 0.449. The van der Waals surface area contributed by atoms with Crippen molar-refractivity contribution in [2.75, 3.05) is 32.1 Å². The fourth-order valence-corrected chi connectivity index (χ4v) is 2.16. The number of anilines is 1. The van der Waals surface area contributed by atoms with Gasteiger partial charge in [-0.3, -0.25) is 0 Å². The van der Waals surface area contributed by atoms with E-state index in [1.54, 1.807) is 7.11 Å². The third-order valence-electron chi connectivity index (χ3n) is 2.85. The number of hydrogen-bond donors (Lipinski definition) is 1. The van der Waals surface area contributed by atoms with Crippen LogP contribution in [0.1, 0.15) is 11.5 Å². The summed E-state index contributed by atoms with van der Waals surface area (Å²) in [7, 11) is 3.79. The summed E-state index contributed by atoms with van der Waals surface area (Å²) in [6, 6.07) is 6.16. The van der Waals surface area contributed by atoms with Crippen molar-refractivity contribution in [1.29, 1.82) is 0 Å². The van der Waals surface area contributed by atoms with Crippen molar-refractivity contribution in [3.63, 3.8) is 0 Å². The summed E-state index contributed by atoms with van der Waals surface area (Å²) in [6.45, 7) is 1.69. The van der Waals surface area contributed by atoms with Crippen LogP contribution < -0.4 is 15.4 Å². The first kappa shape index (κ1) is 9.34. The Labute approximate surface area is 84.5 Å². The summed E-state index contributed by atoms with van der Waals surface area (Å²) in [4.78, 5) is 2.21. The van der Waals surface area contributed by atoms with E-state index in [0.717, 1.165) is 12.3 Å². The number of methoxy groups -OCH3 is 1. The number of benzene rings is 1. The van der Waals surface area contributed by atoms with E-state index in [-0.39, 0.29) is 0 Å². The zero-order valence-electron chi connectivity index (χ0n) is 8.66. The summed E-state index contributed by atoms with van der Waals surface area (Å²) in [6.07, 6.45) is 0. The molecule has 1 aromatic rings. The Morgan fingerprint density at radius 1 is 1.57 bits per heavy atom. The van der Waals surface area contributed by atoms with Gasteiger partial charge in [0.05, 0.1) is 12.8 Å². The lowest BCUT2D eigenvalue weighted by Gasteiger charge is -2.15. The van der Waals surface area contributed by atoms with E-state index in [2.05, 4.69) is 18.0 Å². The second-order valence-corrected chi connectivity index (χ2v) is 3.71. The van der Waals surface area contributed by atoms with Gasteiger partial charge in [-0.25, -0.2) is 0 Å². The molecule has 3 heteroatoms. The topological polar surface area (TPSA) is 38.5 Å². The second-order valence-electron chi connectivity index (χ2n) is 3.71. The van der Waals surface area contributed by atoms with Crippen molar-refractivity contribution in [3.8, 4) is 5.75 Å². The molecule has 0 amide bonds. The van der Waals surface area contributed by atoms with Gasteiger partial charge in [0.2, 0.25) is 0 Å². The minimum atomic E-state index is 0.449. The lowest BCUT2D eigenvalue weighted by atomic mass is 10.0. The summed E-state index contributed by atoms with van der Waals surface area (Å²) < 4.78 is 5.34. The molecule has 14 heavy (non-hydrogen) atoms. The minimum Gasteiger partial charge on any atom is -0.495 e. The van der Waals surface area contributed by atoms with Crippen molar-refractivity contribution in [2.24, 2.45) is 5.73 Å². The number of nitrogens with zero attached hydrogens (tertiary/aromatic N) is 1. The van der Waals surface area contributed by atoms with Gasteiger partial charge < -0.3 is 15.4 Å². The van der Waals surface area contributed by atoms with E-state index in [1.807, 2.05) is 12.1 Å². The van der Waals surface area contributed by atoms with Gasteiger partial charge in [-0.1, -0.05) is 12.1 Å². The number of fused-ring (bicyclic) bond motifs is 1. The first-order valence-electron chi connectivity index (χ1n) is 4.86. The monoisotopic (exact) mass is 192 g/mol. The quantitative estimate of drug-likeness (QED) is 0.765. The summed E-state index contributed by atoms with van der Waals surface area (Å²) in [5.74, 6) is 1.39. The molecular formula is C11H16N2O. The molecular weight excluding hydrogens is 176 g/mol. The Kier molecular flexibility index (Phi) is 2.33. The molecule has 1 heterocycles. The van der Waals surface area contributed by atoms with Crippen molar-refractivity contribution in [2.45, 2.75) is 5.92 Å². The smallest absolute Gasteiger partial charge is 0.142 e. The molecule has 0 saturated heterocycles. The first-order valence-corrected chi connectivity index (χ1v) is 4.86. The molecule has 0 bridgehead atoms. The van der Waals surface area contributed by atoms with E-state index < -0.39 is 0 Å². The molecule has 1 atom stereocenters. The van der Waals surface area contributed by atoms with E-state index in [9.17, 15) is 0 Å². The average Bonchev–Trinajstić information content (AvgIpc) is 2.55. The van der Waals surface area contributed by atoms with Crippen LogP contribution in [0.15, 0.2) is 18.2 Å². The van der Waals surface area contributed by atoms with Crippen LogP contribution in [0.4, 0.5) is 5.69 Å². The molecule has 1 aliphatic heterocycles. The summed E-state index contributed by atoms with van der Waals surface area (Å²) >= 11 is 0. The zero-order chi connectivity index (χ0) is 10.1. The Morgan fingerprint density at radius 2 is 2.36 bits per heavy atom. The van der Waals surface area contributed by atoms with Gasteiger partial charge >= 0.3 is 0 Å². The van der Waals surface area contributed by atoms with Gasteiger partial charge in [-0.15, -0.1) is 0 Å². The first-order chi connectivity index (χ1) is 6.77. The van der Waals surface area contributed by atoms with Crippen LogP contribution in [0.2, 0.25) is 0 Å². The van der Waals surface area contributed by atoms with E-state index in [4.69, 9.17) is 10.5 Å². The Bertz CT molecular complexity index is 338. The number of nitrogens with two attached hydrogens (primary N) is 1. The van der Waals surface area contributed by atoms with E-state index >= 15 is 0 Å². The highest BCUT2D eigenvalue weighted by molar-refractivity contribution is 5.68. The number of para-hydroxylation sites is 1. The molecule has 0 spiro atoms. The SMILES string of the molecule is COc1cccc2c1N(C)CC2CN. The van der Waals surface area contributed by atoms with Crippen LogP contribution in [0.3, 0.4) is 0 Å². The highest BCUT2D eigenvalue weighted by Crippen LogP contribution is 2.41. The van der Waals surface area contributed by atoms with Crippen LogP contribution >= 0.6 is 0 Å². The lowest BCUT2D eigenvalue weighted by molar-refractivity contribution is 0.415. The van der Waals surface area contributed by atoms with Crippen LogP contribution in [0, 0.1) is 0 Å². The predicted octanol–water partition coefficient (Wildman–Crippen LogP) is 1.19. The normalized spacial score (nSPS) is 19.6. The Morgan fingerprint density at radius 3 is 3.00 bits per heavy atom. The molecule has 0 aliphatic carbocycles. The molecule has 0 aromatic heterocycles. The predicted molar refractivity (Wildman–Crippen MR) is 58.1 cm³/mol. The van der Waals surface area contributed by atoms with Gasteiger partial charge in [0, 0.05) is 26.1 Å². The number of hydrogen-bond acceptors (Lipinski definition) is 3. The Hall–Kier alpha value is -1.22. The third kappa shape index (κ3) is 1.24. The maximum absolute atomic E-state index is 5.73. The Balaban J connectivity index is 2.49. The number of likely N-dealkylation sites (N-methyl/N-ethyl adjacent to an activating group) is 1. The molecule has 1 unspecified atom stereocenters. The molecule has 0 saturated carbocycles. The molecule has 76 valence electrons. The second kappa shape index (κ2) is 3.50. The van der Waals surface area contributed by atoms with Crippen LogP contribution in [-0.2, 0) is 0 Å². The molecule has 0 fully saturated rings. The fourth-order valence-electron chi connectivity index (χ4n) is 2.16. The van der Waals surface area contributed by atoms with Crippen LogP contribution in [0.5, 0.6) is 5.75 Å². The molecule has 2 N–H and O–H groups in total. The zero-order valence-corrected chi connectivity index (χ0v) is 8.66. The van der Waals surface area contributed by atoms with Gasteiger partial charge in [0.1, 0.15) is 5.75 Å². The molecule has 2 rings (SSSR count). The maximum Gasteiger partial charge on any atom is 0.142 e. The lowest BCUT2D eigenvalue weighted by Crippen LogP contribution is -2.20. The molecule has 3 nitrogen and oxygen atoms in total. The average molecular weight is 192 g/mol. The summed E-state index contributed by atoms with van der Waals surface area (Å²) in [5.41, 5.74) is 8.25. The van der Waals surface area contributed by atoms with Crippen LogP contribution in [-0.4, -0.2) is 27.2 Å². The third-order valence-corrected chi connectivity index (χ3v) is 2.85. The van der Waals surface area contributed by atoms with E-state index in [0.29, 0.717) is 12.5 Å². The van der Waals surface area contributed by atoms with Crippen molar-refractivity contribution in [3.05, 3.63) is 23.8 Å². The van der Waals surface area contributed by atoms with Gasteiger partial charge in [0.25, 0.3) is 0 Å². The molecule has 1 aliphatic rings. The molecule has 0 radical (unpaired) electrons. The molecule has 1 aromatic carbocycles. The van der Waals surface area contributed by atoms with Crippen LogP contribution in [0.25, 0.3) is 0 Å². The fraction of sp³-hybridized carbons (Fsp3) is 0.455. The van der Waals surface area contributed by atoms with Crippen molar-refractivity contribution < 1.29 is 4.74 Å². The van der Waals surface area contributed by atoms with Gasteiger partial charge in [0.15, 0.2) is 0 Å². The maximum atomic E-state index is 5.73. The number of rotatable bonds is 2. The summed E-state index contributed by atoms with van der Waals surface area (Å²) in [5, 5.41) is 0. The standard InChI is InChI=1S/C11H16N2O/c1-13-7-8(6-12)9-4-3-5-10(14-2)11(9)13/h3-5,8H,6-7,12H2,1-2H3. The van der Waals surface area contributed by atoms with Crippen molar-refractivity contribution >= 4 is 5.69 Å². The van der Waals surface area contributed by atoms with Gasteiger partial charge in [-0.05, 0) is 11.6 Å². The van der Waals surface area contributed by atoms with E-state index in [1.165, 1.54) is 11.3 Å². The largest absolute Gasteiger partial charge is 0.495 e. The highest BCUT2D eigenvalue weighted by Gasteiger charge is 2.27. The highest BCUT2D eigenvalue weighted by atomic mass is 16.5. The van der Waals surface area contributed by atoms with Crippen molar-refractivity contribution in [1.82, 2.24) is 0 Å².